The van der Waals surface area contributed by atoms with Gasteiger partial charge >= 0.3 is 0 Å². The minimum Gasteiger partial charge on any atom is -0.353 e. The standard InChI is InChI=1S/C18H24BrNOS/c1-12(17-9-13-5-6-15(17)7-13)20-18(21)11-22-10-14-3-2-4-16(19)8-14/h2-4,8,12-13,15,17H,5-7,9-11H2,1H3,(H,20,21)/t12-,13+,15+,17-/m1/s1. The predicted molar refractivity (Wildman–Crippen MR) is 96.8 cm³/mol. The highest BCUT2D eigenvalue weighted by Gasteiger charge is 2.42. The molecule has 2 nitrogen and oxygen atoms in total. The highest BCUT2D eigenvalue weighted by atomic mass is 79.9. The van der Waals surface area contributed by atoms with E-state index >= 15 is 0 Å². The van der Waals surface area contributed by atoms with Crippen LogP contribution in [0.3, 0.4) is 0 Å². The second-order valence-corrected chi connectivity index (χ2v) is 8.72. The number of rotatable bonds is 6. The fourth-order valence-electron chi connectivity index (χ4n) is 4.20. The number of amides is 1. The monoisotopic (exact) mass is 381 g/mol. The van der Waals surface area contributed by atoms with Gasteiger partial charge in [0.1, 0.15) is 0 Å². The van der Waals surface area contributed by atoms with E-state index < -0.39 is 0 Å². The Morgan fingerprint density at radius 3 is 2.95 bits per heavy atom. The fraction of sp³-hybridized carbons (Fsp3) is 0.611. The van der Waals surface area contributed by atoms with Crippen LogP contribution >= 0.6 is 27.7 Å². The minimum absolute atomic E-state index is 0.190. The van der Waals surface area contributed by atoms with Gasteiger partial charge in [0, 0.05) is 16.3 Å². The number of nitrogens with one attached hydrogen (secondary N) is 1. The van der Waals surface area contributed by atoms with Crippen molar-refractivity contribution in [1.82, 2.24) is 5.32 Å². The van der Waals surface area contributed by atoms with Gasteiger partial charge < -0.3 is 5.32 Å². The molecule has 3 rings (SSSR count). The third-order valence-electron chi connectivity index (χ3n) is 5.21. The lowest BCUT2D eigenvalue weighted by Crippen LogP contribution is -2.40. The summed E-state index contributed by atoms with van der Waals surface area (Å²) in [5.41, 5.74) is 1.26. The molecule has 1 N–H and O–H groups in total. The summed E-state index contributed by atoms with van der Waals surface area (Å²) in [6.45, 7) is 2.20. The zero-order valence-corrected chi connectivity index (χ0v) is 15.5. The largest absolute Gasteiger partial charge is 0.353 e. The van der Waals surface area contributed by atoms with Gasteiger partial charge in [0.05, 0.1) is 5.75 Å². The average molecular weight is 382 g/mol. The summed E-state index contributed by atoms with van der Waals surface area (Å²) in [7, 11) is 0. The molecule has 2 saturated carbocycles. The number of fused-ring (bicyclic) bond motifs is 2. The zero-order valence-electron chi connectivity index (χ0n) is 13.1. The lowest BCUT2D eigenvalue weighted by atomic mass is 9.84. The summed E-state index contributed by atoms with van der Waals surface area (Å²) >= 11 is 5.17. The van der Waals surface area contributed by atoms with Crippen LogP contribution in [0, 0.1) is 17.8 Å². The normalized spacial score (nSPS) is 27.8. The summed E-state index contributed by atoms with van der Waals surface area (Å²) < 4.78 is 1.10. The van der Waals surface area contributed by atoms with E-state index in [-0.39, 0.29) is 5.91 Å². The Bertz CT molecular complexity index is 536. The molecule has 22 heavy (non-hydrogen) atoms. The smallest absolute Gasteiger partial charge is 0.230 e. The van der Waals surface area contributed by atoms with Crippen LogP contribution in [-0.2, 0) is 10.5 Å². The van der Waals surface area contributed by atoms with Gasteiger partial charge in [-0.15, -0.1) is 11.8 Å². The molecule has 4 atom stereocenters. The van der Waals surface area contributed by atoms with Gasteiger partial charge in [0.15, 0.2) is 0 Å². The van der Waals surface area contributed by atoms with E-state index in [1.165, 1.54) is 31.2 Å². The average Bonchev–Trinajstić information content (AvgIpc) is 3.10. The van der Waals surface area contributed by atoms with Crippen molar-refractivity contribution in [1.29, 1.82) is 0 Å². The van der Waals surface area contributed by atoms with Gasteiger partial charge in [-0.1, -0.05) is 34.5 Å². The van der Waals surface area contributed by atoms with E-state index in [9.17, 15) is 4.79 Å². The maximum Gasteiger partial charge on any atom is 0.230 e. The van der Waals surface area contributed by atoms with E-state index in [0.717, 1.165) is 28.0 Å². The molecule has 1 aromatic carbocycles. The predicted octanol–water partition coefficient (Wildman–Crippen LogP) is 4.62. The lowest BCUT2D eigenvalue weighted by Gasteiger charge is -2.28. The highest BCUT2D eigenvalue weighted by Crippen LogP contribution is 2.49. The Morgan fingerprint density at radius 1 is 1.41 bits per heavy atom. The van der Waals surface area contributed by atoms with Crippen LogP contribution in [-0.4, -0.2) is 17.7 Å². The molecule has 4 heteroatoms. The molecule has 0 saturated heterocycles. The molecule has 2 aliphatic carbocycles. The van der Waals surface area contributed by atoms with Crippen molar-refractivity contribution in [2.75, 3.05) is 5.75 Å². The second kappa shape index (κ2) is 7.39. The molecule has 1 amide bonds. The highest BCUT2D eigenvalue weighted by molar-refractivity contribution is 9.10. The molecule has 2 fully saturated rings. The molecule has 0 aliphatic heterocycles. The van der Waals surface area contributed by atoms with E-state index in [2.05, 4.69) is 40.3 Å². The number of hydrogen-bond donors (Lipinski definition) is 1. The lowest BCUT2D eigenvalue weighted by molar-refractivity contribution is -0.119. The molecule has 0 aromatic heterocycles. The van der Waals surface area contributed by atoms with Crippen LogP contribution in [0.5, 0.6) is 0 Å². The Morgan fingerprint density at radius 2 is 2.27 bits per heavy atom. The molecular formula is C18H24BrNOS. The van der Waals surface area contributed by atoms with Crippen molar-refractivity contribution in [2.24, 2.45) is 17.8 Å². The molecule has 2 aliphatic rings. The Kier molecular flexibility index (Phi) is 5.50. The second-order valence-electron chi connectivity index (χ2n) is 6.82. The Hall–Kier alpha value is -0.480. The summed E-state index contributed by atoms with van der Waals surface area (Å²) in [4.78, 5) is 12.1. The first-order chi connectivity index (χ1) is 10.6. The van der Waals surface area contributed by atoms with Crippen LogP contribution in [0.15, 0.2) is 28.7 Å². The number of carbonyl (C=O) groups excluding carboxylic acids is 1. The maximum atomic E-state index is 12.1. The maximum absolute atomic E-state index is 12.1. The van der Waals surface area contributed by atoms with Gasteiger partial charge in [0.25, 0.3) is 0 Å². The molecule has 0 heterocycles. The van der Waals surface area contributed by atoms with Gasteiger partial charge in [-0.3, -0.25) is 4.79 Å². The van der Waals surface area contributed by atoms with Crippen molar-refractivity contribution >= 4 is 33.6 Å². The number of thioether (sulfide) groups is 1. The first-order valence-electron chi connectivity index (χ1n) is 8.23. The van der Waals surface area contributed by atoms with Crippen LogP contribution in [0.25, 0.3) is 0 Å². The van der Waals surface area contributed by atoms with Gasteiger partial charge in [-0.05, 0) is 61.6 Å². The van der Waals surface area contributed by atoms with Gasteiger partial charge in [0.2, 0.25) is 5.91 Å². The van der Waals surface area contributed by atoms with Crippen molar-refractivity contribution in [3.63, 3.8) is 0 Å². The number of hydrogen-bond acceptors (Lipinski definition) is 2. The van der Waals surface area contributed by atoms with Crippen LogP contribution in [0.2, 0.25) is 0 Å². The Labute approximate surface area is 146 Å². The quantitative estimate of drug-likeness (QED) is 0.778. The van der Waals surface area contributed by atoms with E-state index in [4.69, 9.17) is 0 Å². The number of halogens is 1. The summed E-state index contributed by atoms with van der Waals surface area (Å²) in [5.74, 6) is 4.16. The molecule has 2 bridgehead atoms. The SMILES string of the molecule is C[C@@H](NC(=O)CSCc1cccc(Br)c1)[C@H]1C[C@H]2CC[C@H]1C2. The molecular weight excluding hydrogens is 358 g/mol. The van der Waals surface area contributed by atoms with Crippen molar-refractivity contribution in [3.8, 4) is 0 Å². The van der Waals surface area contributed by atoms with Gasteiger partial charge in [-0.2, -0.15) is 0 Å². The zero-order chi connectivity index (χ0) is 15.5. The Balaban J connectivity index is 1.39. The first-order valence-corrected chi connectivity index (χ1v) is 10.2. The van der Waals surface area contributed by atoms with Crippen molar-refractivity contribution in [3.05, 3.63) is 34.3 Å². The molecule has 0 spiro atoms. The molecule has 0 unspecified atom stereocenters. The topological polar surface area (TPSA) is 29.1 Å². The third kappa shape index (κ3) is 4.08. The summed E-state index contributed by atoms with van der Waals surface area (Å²) in [5, 5.41) is 3.24. The molecule has 0 radical (unpaired) electrons. The van der Waals surface area contributed by atoms with E-state index in [0.29, 0.717) is 11.8 Å². The summed E-state index contributed by atoms with van der Waals surface area (Å²) in [6, 6.07) is 8.63. The van der Waals surface area contributed by atoms with E-state index in [1.54, 1.807) is 11.8 Å². The van der Waals surface area contributed by atoms with Crippen LogP contribution < -0.4 is 5.32 Å². The van der Waals surface area contributed by atoms with Crippen molar-refractivity contribution in [2.45, 2.75) is 44.4 Å². The fourth-order valence-corrected chi connectivity index (χ4v) is 5.43. The molecule has 1 aromatic rings. The minimum atomic E-state index is 0.190. The molecule has 120 valence electrons. The summed E-state index contributed by atoms with van der Waals surface area (Å²) in [6.07, 6.45) is 5.54. The van der Waals surface area contributed by atoms with Crippen molar-refractivity contribution < 1.29 is 4.79 Å². The van der Waals surface area contributed by atoms with E-state index in [1.807, 2.05) is 12.1 Å². The number of benzene rings is 1. The first kappa shape index (κ1) is 16.4. The third-order valence-corrected chi connectivity index (χ3v) is 6.71. The van der Waals surface area contributed by atoms with Gasteiger partial charge in [-0.25, -0.2) is 0 Å². The number of carbonyl (C=O) groups is 1. The van der Waals surface area contributed by atoms with Crippen LogP contribution in [0.1, 0.15) is 38.2 Å². The van der Waals surface area contributed by atoms with Crippen LogP contribution in [0.4, 0.5) is 0 Å².